The summed E-state index contributed by atoms with van der Waals surface area (Å²) in [5, 5.41) is 0. The molecule has 0 spiro atoms. The van der Waals surface area contributed by atoms with Crippen molar-refractivity contribution in [2.24, 2.45) is 0 Å². The van der Waals surface area contributed by atoms with Crippen molar-refractivity contribution in [1.29, 1.82) is 0 Å². The second kappa shape index (κ2) is 5.83. The third kappa shape index (κ3) is 3.39. The van der Waals surface area contributed by atoms with E-state index in [1.54, 1.807) is 45.0 Å². The predicted molar refractivity (Wildman–Crippen MR) is 88.1 cm³/mol. The second-order valence-electron chi connectivity index (χ2n) is 6.34. The number of aryl methyl sites for hydroxylation is 1. The number of hydrogen-bond donors (Lipinski definition) is 1. The maximum Gasteiger partial charge on any atom is 0.359 e. The number of rotatable bonds is 2. The maximum atomic E-state index is 12.3. The molecule has 0 atom stereocenters. The van der Waals surface area contributed by atoms with Crippen molar-refractivity contribution < 1.29 is 4.79 Å². The Bertz CT molecular complexity index is 810. The molecule has 0 fully saturated rings. The lowest BCUT2D eigenvalue weighted by Gasteiger charge is -2.32. The molecule has 23 heavy (non-hydrogen) atoms. The highest BCUT2D eigenvalue weighted by Crippen LogP contribution is 2.18. The van der Waals surface area contributed by atoms with Gasteiger partial charge in [-0.2, -0.15) is 4.98 Å². The minimum atomic E-state index is -0.733. The highest BCUT2D eigenvalue weighted by molar-refractivity contribution is 5.90. The van der Waals surface area contributed by atoms with Crippen LogP contribution >= 0.6 is 0 Å². The molecule has 2 rings (SSSR count). The van der Waals surface area contributed by atoms with Crippen LogP contribution in [0.1, 0.15) is 33.3 Å². The van der Waals surface area contributed by atoms with E-state index in [1.165, 1.54) is 11.8 Å². The minimum absolute atomic E-state index is 0.0524. The molecule has 2 aromatic rings. The van der Waals surface area contributed by atoms with E-state index in [1.807, 2.05) is 6.92 Å². The molecular weight excluding hydrogens is 296 g/mol. The van der Waals surface area contributed by atoms with Gasteiger partial charge in [0.25, 0.3) is 0 Å². The fraction of sp³-hybridized carbons (Fsp3) is 0.375. The van der Waals surface area contributed by atoms with Gasteiger partial charge in [-0.25, -0.2) is 14.2 Å². The molecule has 1 aromatic carbocycles. The van der Waals surface area contributed by atoms with Crippen molar-refractivity contribution in [2.45, 2.75) is 40.2 Å². The average molecular weight is 316 g/mol. The molecular formula is C16H20N4O3. The molecule has 1 amide bonds. The number of nitrogens with one attached hydrogen (secondary N) is 1. The zero-order valence-electron chi connectivity index (χ0n) is 13.9. The van der Waals surface area contributed by atoms with E-state index in [4.69, 9.17) is 0 Å². The number of aromatic nitrogens is 3. The molecule has 0 aliphatic rings. The summed E-state index contributed by atoms with van der Waals surface area (Å²) in [6, 6.07) is 6.93. The Morgan fingerprint density at radius 1 is 1.17 bits per heavy atom. The van der Waals surface area contributed by atoms with Gasteiger partial charge in [0.15, 0.2) is 0 Å². The Balaban J connectivity index is 2.62. The highest BCUT2D eigenvalue weighted by atomic mass is 16.2. The van der Waals surface area contributed by atoms with Gasteiger partial charge < -0.3 is 0 Å². The van der Waals surface area contributed by atoms with E-state index in [-0.39, 0.29) is 11.9 Å². The second-order valence-corrected chi connectivity index (χ2v) is 6.34. The van der Waals surface area contributed by atoms with Crippen LogP contribution in [0, 0.1) is 6.92 Å². The third-order valence-electron chi connectivity index (χ3n) is 3.30. The lowest BCUT2D eigenvalue weighted by atomic mass is 10.1. The number of hydrogen-bond acceptors (Lipinski definition) is 4. The van der Waals surface area contributed by atoms with Crippen LogP contribution in [-0.2, 0) is 4.79 Å². The number of H-pyrrole nitrogens is 1. The summed E-state index contributed by atoms with van der Waals surface area (Å²) in [6.45, 7) is 8.64. The molecule has 0 saturated heterocycles. The van der Waals surface area contributed by atoms with Gasteiger partial charge in [0.2, 0.25) is 11.9 Å². The molecule has 1 heterocycles. The summed E-state index contributed by atoms with van der Waals surface area (Å²) < 4.78 is 0.934. The van der Waals surface area contributed by atoms with Crippen LogP contribution in [0.5, 0.6) is 0 Å². The van der Waals surface area contributed by atoms with Gasteiger partial charge in [-0.05, 0) is 39.8 Å². The zero-order chi connectivity index (χ0) is 17.4. The van der Waals surface area contributed by atoms with Crippen molar-refractivity contribution in [3.63, 3.8) is 0 Å². The van der Waals surface area contributed by atoms with Crippen LogP contribution in [0.25, 0.3) is 5.69 Å². The summed E-state index contributed by atoms with van der Waals surface area (Å²) in [4.78, 5) is 44.2. The van der Waals surface area contributed by atoms with Crippen molar-refractivity contribution in [3.05, 3.63) is 50.8 Å². The zero-order valence-corrected chi connectivity index (χ0v) is 13.9. The molecule has 0 aliphatic carbocycles. The Labute approximate surface area is 133 Å². The third-order valence-corrected chi connectivity index (χ3v) is 3.30. The lowest BCUT2D eigenvalue weighted by molar-refractivity contribution is -0.117. The smallest absolute Gasteiger partial charge is 0.277 e. The average Bonchev–Trinajstić information content (AvgIpc) is 2.38. The van der Waals surface area contributed by atoms with Crippen LogP contribution in [0.4, 0.5) is 5.95 Å². The first-order valence-corrected chi connectivity index (χ1v) is 7.22. The number of nitrogens with zero attached hydrogens (tertiary/aromatic N) is 3. The Hall–Kier alpha value is -2.70. The molecule has 1 aromatic heterocycles. The Morgan fingerprint density at radius 3 is 2.17 bits per heavy atom. The van der Waals surface area contributed by atoms with E-state index in [9.17, 15) is 14.4 Å². The molecule has 0 unspecified atom stereocenters. The van der Waals surface area contributed by atoms with Gasteiger partial charge in [-0.1, -0.05) is 17.7 Å². The van der Waals surface area contributed by atoms with Gasteiger partial charge in [-0.15, -0.1) is 0 Å². The fourth-order valence-electron chi connectivity index (χ4n) is 2.37. The summed E-state index contributed by atoms with van der Waals surface area (Å²) >= 11 is 0. The number of carbonyl (C=O) groups excluding carboxylic acids is 1. The number of benzene rings is 1. The molecule has 0 aliphatic heterocycles. The number of carbonyl (C=O) groups is 1. The van der Waals surface area contributed by atoms with Crippen LogP contribution in [0.15, 0.2) is 33.9 Å². The minimum Gasteiger partial charge on any atom is -0.277 e. The highest BCUT2D eigenvalue weighted by Gasteiger charge is 2.28. The first-order valence-electron chi connectivity index (χ1n) is 7.22. The van der Waals surface area contributed by atoms with Gasteiger partial charge in [0.1, 0.15) is 0 Å². The monoisotopic (exact) mass is 316 g/mol. The summed E-state index contributed by atoms with van der Waals surface area (Å²) in [5.74, 6) is -0.364. The first-order chi connectivity index (χ1) is 10.6. The van der Waals surface area contributed by atoms with Crippen LogP contribution in [0.3, 0.4) is 0 Å². The van der Waals surface area contributed by atoms with Gasteiger partial charge in [0, 0.05) is 12.5 Å². The molecule has 0 bridgehead atoms. The topological polar surface area (TPSA) is 88.1 Å². The number of aromatic amines is 1. The lowest BCUT2D eigenvalue weighted by Crippen LogP contribution is -2.48. The fourth-order valence-corrected chi connectivity index (χ4v) is 2.37. The molecule has 7 heteroatoms. The van der Waals surface area contributed by atoms with E-state index in [0.717, 1.165) is 10.1 Å². The predicted octanol–water partition coefficient (Wildman–Crippen LogP) is 1.38. The molecule has 0 radical (unpaired) electrons. The molecule has 122 valence electrons. The molecule has 7 nitrogen and oxygen atoms in total. The van der Waals surface area contributed by atoms with Crippen molar-refractivity contribution in [2.75, 3.05) is 4.90 Å². The summed E-state index contributed by atoms with van der Waals surface area (Å²) in [5.41, 5.74) is -0.559. The standard InChI is InChI=1S/C16H20N4O3/c1-10-6-8-12(9-7-10)19-14(22)17-13(18-15(19)23)20(11(2)21)16(3,4)5/h6-9H,1-5H3,(H,17,18,22,23). The summed E-state index contributed by atoms with van der Waals surface area (Å²) in [6.07, 6.45) is 0. The van der Waals surface area contributed by atoms with E-state index >= 15 is 0 Å². The maximum absolute atomic E-state index is 12.3. The quantitative estimate of drug-likeness (QED) is 0.906. The van der Waals surface area contributed by atoms with Crippen molar-refractivity contribution >= 4 is 11.9 Å². The first kappa shape index (κ1) is 16.7. The number of anilines is 1. The SMILES string of the molecule is CC(=O)N(c1nc(=O)n(-c2ccc(C)cc2)c(=O)[nH]1)C(C)(C)C. The van der Waals surface area contributed by atoms with E-state index in [2.05, 4.69) is 9.97 Å². The van der Waals surface area contributed by atoms with Crippen LogP contribution in [-0.4, -0.2) is 26.0 Å². The molecule has 1 N–H and O–H groups in total. The van der Waals surface area contributed by atoms with Crippen molar-refractivity contribution in [3.8, 4) is 5.69 Å². The molecule has 0 saturated carbocycles. The van der Waals surface area contributed by atoms with Gasteiger partial charge in [-0.3, -0.25) is 14.7 Å². The largest absolute Gasteiger partial charge is 0.359 e. The van der Waals surface area contributed by atoms with Gasteiger partial charge >= 0.3 is 11.4 Å². The van der Waals surface area contributed by atoms with E-state index < -0.39 is 16.9 Å². The van der Waals surface area contributed by atoms with Gasteiger partial charge in [0.05, 0.1) is 5.69 Å². The normalized spacial score (nSPS) is 11.3. The Morgan fingerprint density at radius 2 is 1.74 bits per heavy atom. The van der Waals surface area contributed by atoms with Crippen LogP contribution in [0.2, 0.25) is 0 Å². The Kier molecular flexibility index (Phi) is 4.22. The number of amides is 1. The van der Waals surface area contributed by atoms with Crippen LogP contribution < -0.4 is 16.3 Å². The van der Waals surface area contributed by atoms with E-state index in [0.29, 0.717) is 5.69 Å². The summed E-state index contributed by atoms with van der Waals surface area (Å²) in [7, 11) is 0. The van der Waals surface area contributed by atoms with Crippen molar-refractivity contribution in [1.82, 2.24) is 14.5 Å².